The maximum absolute atomic E-state index is 10.9. The first-order chi connectivity index (χ1) is 6.79. The van der Waals surface area contributed by atoms with Gasteiger partial charge >= 0.3 is 5.97 Å². The minimum Gasteiger partial charge on any atom is -0.478 e. The minimum atomic E-state index is -0.783. The van der Waals surface area contributed by atoms with Crippen molar-refractivity contribution in [2.24, 2.45) is 0 Å². The van der Waals surface area contributed by atoms with Gasteiger partial charge < -0.3 is 5.11 Å². The lowest BCUT2D eigenvalue weighted by Crippen LogP contribution is -2.02. The first-order valence-electron chi connectivity index (χ1n) is 4.37. The largest absolute Gasteiger partial charge is 0.478 e. The Morgan fingerprint density at radius 2 is 1.93 bits per heavy atom. The molecular formula is C11H10O2S. The number of hydrogen-bond donors (Lipinski definition) is 1. The summed E-state index contributed by atoms with van der Waals surface area (Å²) in [6.45, 7) is 0. The summed E-state index contributed by atoms with van der Waals surface area (Å²) in [5, 5.41) is 8.97. The normalized spacial score (nSPS) is 16.0. The fraction of sp³-hybridized carbons (Fsp3) is 0.182. The molecule has 2 rings (SSSR count). The molecule has 0 unspecified atom stereocenters. The molecule has 0 saturated carbocycles. The maximum Gasteiger partial charge on any atom is 0.332 e. The van der Waals surface area contributed by atoms with Crippen LogP contribution >= 0.6 is 11.8 Å². The number of carboxylic acids is 1. The van der Waals surface area contributed by atoms with Gasteiger partial charge in [-0.2, -0.15) is 11.8 Å². The molecule has 3 heteroatoms. The van der Waals surface area contributed by atoms with E-state index in [4.69, 9.17) is 5.11 Å². The SMILES string of the molecule is O=C(O)C1=C(c2ccccc2)CSC1. The molecule has 0 saturated heterocycles. The standard InChI is InChI=1S/C11H10O2S/c12-11(13)10-7-14-6-9(10)8-4-2-1-3-5-8/h1-5H,6-7H2,(H,12,13). The van der Waals surface area contributed by atoms with Crippen LogP contribution in [0.2, 0.25) is 0 Å². The highest BCUT2D eigenvalue weighted by Gasteiger charge is 2.21. The van der Waals surface area contributed by atoms with Gasteiger partial charge in [0, 0.05) is 11.5 Å². The molecule has 1 aliphatic heterocycles. The Kier molecular flexibility index (Phi) is 2.59. The third kappa shape index (κ3) is 1.68. The molecule has 14 heavy (non-hydrogen) atoms. The molecule has 0 atom stereocenters. The molecule has 0 spiro atoms. The van der Waals surface area contributed by atoms with Crippen molar-refractivity contribution >= 4 is 23.3 Å². The summed E-state index contributed by atoms with van der Waals surface area (Å²) in [5.41, 5.74) is 2.57. The number of carboxylic acid groups (broad SMARTS) is 1. The fourth-order valence-corrected chi connectivity index (χ4v) is 2.67. The number of benzene rings is 1. The van der Waals surface area contributed by atoms with Gasteiger partial charge in [0.25, 0.3) is 0 Å². The van der Waals surface area contributed by atoms with Crippen LogP contribution in [0.4, 0.5) is 0 Å². The summed E-state index contributed by atoms with van der Waals surface area (Å²) in [5.74, 6) is 0.652. The topological polar surface area (TPSA) is 37.3 Å². The summed E-state index contributed by atoms with van der Waals surface area (Å²) in [6, 6.07) is 9.73. The van der Waals surface area contributed by atoms with Crippen LogP contribution < -0.4 is 0 Å². The average Bonchev–Trinajstić information content (AvgIpc) is 2.67. The molecule has 0 aliphatic carbocycles. The fourth-order valence-electron chi connectivity index (χ4n) is 1.52. The third-order valence-electron chi connectivity index (χ3n) is 2.24. The molecule has 1 heterocycles. The van der Waals surface area contributed by atoms with Crippen molar-refractivity contribution in [3.63, 3.8) is 0 Å². The summed E-state index contributed by atoms with van der Waals surface area (Å²) in [7, 11) is 0. The monoisotopic (exact) mass is 206 g/mol. The van der Waals surface area contributed by atoms with Gasteiger partial charge in [0.15, 0.2) is 0 Å². The predicted molar refractivity (Wildman–Crippen MR) is 58.3 cm³/mol. The van der Waals surface area contributed by atoms with E-state index in [9.17, 15) is 4.79 Å². The van der Waals surface area contributed by atoms with Crippen LogP contribution in [-0.4, -0.2) is 22.6 Å². The van der Waals surface area contributed by atoms with E-state index in [0.717, 1.165) is 16.9 Å². The highest BCUT2D eigenvalue weighted by atomic mass is 32.2. The van der Waals surface area contributed by atoms with Gasteiger partial charge in [-0.1, -0.05) is 30.3 Å². The van der Waals surface area contributed by atoms with Gasteiger partial charge in [0.2, 0.25) is 0 Å². The second-order valence-electron chi connectivity index (χ2n) is 3.12. The zero-order valence-corrected chi connectivity index (χ0v) is 8.38. The number of aliphatic carboxylic acids is 1. The molecule has 2 nitrogen and oxygen atoms in total. The quantitative estimate of drug-likeness (QED) is 0.806. The second-order valence-corrected chi connectivity index (χ2v) is 4.11. The van der Waals surface area contributed by atoms with E-state index in [2.05, 4.69) is 0 Å². The van der Waals surface area contributed by atoms with Crippen LogP contribution in [0.25, 0.3) is 5.57 Å². The van der Waals surface area contributed by atoms with Crippen molar-refractivity contribution in [1.82, 2.24) is 0 Å². The Morgan fingerprint density at radius 3 is 2.57 bits per heavy atom. The molecule has 0 fully saturated rings. The number of carbonyl (C=O) groups is 1. The third-order valence-corrected chi connectivity index (χ3v) is 3.22. The van der Waals surface area contributed by atoms with Crippen LogP contribution in [0.1, 0.15) is 5.56 Å². The molecular weight excluding hydrogens is 196 g/mol. The summed E-state index contributed by atoms with van der Waals surface area (Å²) in [4.78, 5) is 10.9. The van der Waals surface area contributed by atoms with E-state index < -0.39 is 5.97 Å². The minimum absolute atomic E-state index is 0.557. The van der Waals surface area contributed by atoms with Crippen LogP contribution in [0.5, 0.6) is 0 Å². The first kappa shape index (κ1) is 9.34. The van der Waals surface area contributed by atoms with Gasteiger partial charge in [0.05, 0.1) is 5.57 Å². The highest BCUT2D eigenvalue weighted by Crippen LogP contribution is 2.31. The van der Waals surface area contributed by atoms with Crippen LogP contribution in [0.15, 0.2) is 35.9 Å². The Labute approximate surface area is 86.6 Å². The lowest BCUT2D eigenvalue weighted by atomic mass is 10.0. The van der Waals surface area contributed by atoms with Crippen molar-refractivity contribution in [3.05, 3.63) is 41.5 Å². The lowest BCUT2D eigenvalue weighted by Gasteiger charge is -2.02. The first-order valence-corrected chi connectivity index (χ1v) is 5.53. The molecule has 1 N–H and O–H groups in total. The maximum atomic E-state index is 10.9. The number of thioether (sulfide) groups is 1. The van der Waals surface area contributed by atoms with E-state index in [1.807, 2.05) is 30.3 Å². The smallest absolute Gasteiger partial charge is 0.332 e. The van der Waals surface area contributed by atoms with Crippen molar-refractivity contribution in [2.45, 2.75) is 0 Å². The Morgan fingerprint density at radius 1 is 1.21 bits per heavy atom. The van der Waals surface area contributed by atoms with Gasteiger partial charge in [0.1, 0.15) is 0 Å². The van der Waals surface area contributed by atoms with Crippen LogP contribution in [0.3, 0.4) is 0 Å². The van der Waals surface area contributed by atoms with Gasteiger partial charge in [-0.3, -0.25) is 0 Å². The lowest BCUT2D eigenvalue weighted by molar-refractivity contribution is -0.132. The van der Waals surface area contributed by atoms with Gasteiger partial charge in [-0.05, 0) is 11.1 Å². The van der Waals surface area contributed by atoms with E-state index >= 15 is 0 Å². The van der Waals surface area contributed by atoms with E-state index in [1.165, 1.54) is 0 Å². The van der Waals surface area contributed by atoms with Crippen LogP contribution in [-0.2, 0) is 4.79 Å². The molecule has 1 aromatic carbocycles. The molecule has 1 aliphatic rings. The molecule has 0 bridgehead atoms. The highest BCUT2D eigenvalue weighted by molar-refractivity contribution is 8.00. The predicted octanol–water partition coefficient (Wildman–Crippen LogP) is 2.27. The van der Waals surface area contributed by atoms with Crippen molar-refractivity contribution < 1.29 is 9.90 Å². The molecule has 0 amide bonds. The van der Waals surface area contributed by atoms with E-state index in [1.54, 1.807) is 11.8 Å². The van der Waals surface area contributed by atoms with E-state index in [0.29, 0.717) is 11.3 Å². The van der Waals surface area contributed by atoms with Crippen molar-refractivity contribution in [1.29, 1.82) is 0 Å². The average molecular weight is 206 g/mol. The van der Waals surface area contributed by atoms with Crippen LogP contribution in [0, 0.1) is 0 Å². The summed E-state index contributed by atoms with van der Waals surface area (Å²) >= 11 is 1.66. The number of rotatable bonds is 2. The molecule has 1 aromatic rings. The Balaban J connectivity index is 2.43. The van der Waals surface area contributed by atoms with E-state index in [-0.39, 0.29) is 0 Å². The molecule has 0 radical (unpaired) electrons. The van der Waals surface area contributed by atoms with Crippen molar-refractivity contribution in [2.75, 3.05) is 11.5 Å². The van der Waals surface area contributed by atoms with Gasteiger partial charge in [-0.15, -0.1) is 0 Å². The zero-order valence-electron chi connectivity index (χ0n) is 7.56. The molecule has 72 valence electrons. The zero-order chi connectivity index (χ0) is 9.97. The second kappa shape index (κ2) is 3.88. The van der Waals surface area contributed by atoms with Gasteiger partial charge in [-0.25, -0.2) is 4.79 Å². The summed E-state index contributed by atoms with van der Waals surface area (Å²) in [6.07, 6.45) is 0. The molecule has 0 aromatic heterocycles. The number of hydrogen-bond acceptors (Lipinski definition) is 2. The Bertz CT molecular complexity index is 382. The van der Waals surface area contributed by atoms with Crippen molar-refractivity contribution in [3.8, 4) is 0 Å². The summed E-state index contributed by atoms with van der Waals surface area (Å²) < 4.78 is 0. The Hall–Kier alpha value is -1.22.